The lowest BCUT2D eigenvalue weighted by molar-refractivity contribution is -0.159. The lowest BCUT2D eigenvalue weighted by atomic mass is 10.2. The van der Waals surface area contributed by atoms with E-state index >= 15 is 0 Å². The van der Waals surface area contributed by atoms with Crippen molar-refractivity contribution in [1.29, 1.82) is 0 Å². The van der Waals surface area contributed by atoms with Gasteiger partial charge in [-0.2, -0.15) is 0 Å². The number of carboxylic acids is 2. The van der Waals surface area contributed by atoms with Gasteiger partial charge in [0.15, 0.2) is 0 Å². The minimum Gasteiger partial charge on any atom is -0.473 e. The lowest BCUT2D eigenvalue weighted by Gasteiger charge is -2.09. The van der Waals surface area contributed by atoms with Crippen LogP contribution in [0.2, 0.25) is 5.02 Å². The quantitative estimate of drug-likeness (QED) is 0.496. The molecule has 0 fully saturated rings. The van der Waals surface area contributed by atoms with E-state index in [0.29, 0.717) is 0 Å². The van der Waals surface area contributed by atoms with Crippen molar-refractivity contribution in [2.75, 3.05) is 5.32 Å². The van der Waals surface area contributed by atoms with Crippen molar-refractivity contribution >= 4 is 45.4 Å². The minimum absolute atomic E-state index is 0.734. The van der Waals surface area contributed by atoms with E-state index in [2.05, 4.69) is 38.4 Å². The van der Waals surface area contributed by atoms with Crippen molar-refractivity contribution in [3.63, 3.8) is 0 Å². The van der Waals surface area contributed by atoms with Gasteiger partial charge >= 0.3 is 11.9 Å². The van der Waals surface area contributed by atoms with Gasteiger partial charge in [0.1, 0.15) is 0 Å². The molecule has 0 saturated heterocycles. The van der Waals surface area contributed by atoms with Gasteiger partial charge in [-0.1, -0.05) is 51.8 Å². The summed E-state index contributed by atoms with van der Waals surface area (Å²) < 4.78 is 3.13. The first-order valence-electron chi connectivity index (χ1n) is 8.00. The number of nitrogens with one attached hydrogen (secondary N) is 1. The molecule has 3 rings (SSSR count). The first-order chi connectivity index (χ1) is 13.3. The molecule has 3 N–H and O–H groups in total. The first kappa shape index (κ1) is 21.5. The van der Waals surface area contributed by atoms with E-state index in [9.17, 15) is 0 Å². The van der Waals surface area contributed by atoms with Crippen molar-refractivity contribution in [1.82, 2.24) is 9.55 Å². The fourth-order valence-electron chi connectivity index (χ4n) is 2.25. The maximum Gasteiger partial charge on any atom is 0.414 e. The van der Waals surface area contributed by atoms with Crippen LogP contribution in [0.4, 0.5) is 5.95 Å². The number of hydrogen-bond acceptors (Lipinski definition) is 4. The molecule has 1 aromatic heterocycles. The molecule has 0 unspecified atom stereocenters. The van der Waals surface area contributed by atoms with E-state index < -0.39 is 11.9 Å². The summed E-state index contributed by atoms with van der Waals surface area (Å²) in [6.07, 6.45) is 1.87. The monoisotopic (exact) mass is 465 g/mol. The van der Waals surface area contributed by atoms with Crippen LogP contribution in [-0.4, -0.2) is 31.7 Å². The number of imidazole rings is 1. The predicted molar refractivity (Wildman–Crippen MR) is 110 cm³/mol. The third-order valence-electron chi connectivity index (χ3n) is 3.68. The van der Waals surface area contributed by atoms with E-state index in [1.54, 1.807) is 0 Å². The fourth-order valence-corrected chi connectivity index (χ4v) is 2.64. The molecule has 3 aromatic rings. The molecule has 2 aromatic carbocycles. The highest BCUT2D eigenvalue weighted by molar-refractivity contribution is 9.10. The van der Waals surface area contributed by atoms with Gasteiger partial charge in [-0.15, -0.1) is 0 Å². The van der Waals surface area contributed by atoms with Gasteiger partial charge in [0.25, 0.3) is 0 Å². The third-order valence-corrected chi connectivity index (χ3v) is 4.46. The molecule has 0 atom stereocenters. The van der Waals surface area contributed by atoms with Gasteiger partial charge in [0.05, 0.1) is 11.9 Å². The van der Waals surface area contributed by atoms with E-state index in [1.165, 1.54) is 5.56 Å². The van der Waals surface area contributed by atoms with Crippen LogP contribution in [0.5, 0.6) is 0 Å². The number of hydrogen-bond donors (Lipinski definition) is 3. The topological polar surface area (TPSA) is 104 Å². The van der Waals surface area contributed by atoms with Crippen molar-refractivity contribution in [3.05, 3.63) is 69.8 Å². The van der Waals surface area contributed by atoms with Gasteiger partial charge in [-0.25, -0.2) is 14.6 Å². The number of nitrogens with zero attached hydrogens (tertiary/aromatic N) is 2. The van der Waals surface area contributed by atoms with Crippen molar-refractivity contribution in [2.24, 2.45) is 7.05 Å². The van der Waals surface area contributed by atoms with Gasteiger partial charge in [-0.3, -0.25) is 0 Å². The Morgan fingerprint density at radius 1 is 1.07 bits per heavy atom. The Hall–Kier alpha value is -2.84. The molecule has 0 radical (unpaired) electrons. The van der Waals surface area contributed by atoms with E-state index in [0.717, 1.165) is 33.2 Å². The molecule has 1 heterocycles. The number of carbonyl (C=O) groups is 2. The highest BCUT2D eigenvalue weighted by atomic mass is 79.9. The largest absolute Gasteiger partial charge is 0.473 e. The molecule has 0 aliphatic heterocycles. The van der Waals surface area contributed by atoms with Crippen molar-refractivity contribution < 1.29 is 19.8 Å². The Kier molecular flexibility index (Phi) is 7.60. The minimum atomic E-state index is -1.82. The smallest absolute Gasteiger partial charge is 0.414 e. The summed E-state index contributed by atoms with van der Waals surface area (Å²) in [5.41, 5.74) is 3.35. The molecular weight excluding hydrogens is 450 g/mol. The molecule has 0 spiro atoms. The molecular formula is C19H17BrClN3O4. The Labute approximate surface area is 174 Å². The Morgan fingerprint density at radius 3 is 2.18 bits per heavy atom. The van der Waals surface area contributed by atoms with Gasteiger partial charge in [0, 0.05) is 23.1 Å². The van der Waals surface area contributed by atoms with Crippen LogP contribution in [0.25, 0.3) is 11.3 Å². The van der Waals surface area contributed by atoms with Gasteiger partial charge in [-0.05, 0) is 35.4 Å². The van der Waals surface area contributed by atoms with Gasteiger partial charge < -0.3 is 20.1 Å². The summed E-state index contributed by atoms with van der Waals surface area (Å²) in [6.45, 7) is 0.734. The Morgan fingerprint density at radius 2 is 1.64 bits per heavy atom. The number of benzene rings is 2. The molecule has 7 nitrogen and oxygen atoms in total. The van der Waals surface area contributed by atoms with Crippen LogP contribution in [-0.2, 0) is 23.2 Å². The molecule has 0 aliphatic rings. The van der Waals surface area contributed by atoms with E-state index in [1.807, 2.05) is 54.2 Å². The predicted octanol–water partition coefficient (Wildman–Crippen LogP) is 4.27. The Balaban J connectivity index is 0.000000409. The van der Waals surface area contributed by atoms with Crippen LogP contribution < -0.4 is 5.32 Å². The SMILES string of the molecule is Cn1c(-c2ccc(Cl)cc2)cnc1NCc1ccc(Br)cc1.O=C(O)C(=O)O. The first-order valence-corrected chi connectivity index (χ1v) is 9.17. The highest BCUT2D eigenvalue weighted by Gasteiger charge is 2.08. The van der Waals surface area contributed by atoms with Gasteiger partial charge in [0.2, 0.25) is 5.95 Å². The average molecular weight is 467 g/mol. The van der Waals surface area contributed by atoms with Crippen molar-refractivity contribution in [2.45, 2.75) is 6.54 Å². The zero-order valence-corrected chi connectivity index (χ0v) is 17.1. The molecule has 9 heteroatoms. The zero-order valence-electron chi connectivity index (χ0n) is 14.8. The summed E-state index contributed by atoms with van der Waals surface area (Å²) in [5.74, 6) is -2.81. The molecule has 0 amide bonds. The fraction of sp³-hybridized carbons (Fsp3) is 0.105. The number of aliphatic carboxylic acids is 2. The van der Waals surface area contributed by atoms with Crippen LogP contribution in [0.1, 0.15) is 5.56 Å². The molecule has 146 valence electrons. The Bertz CT molecular complexity index is 944. The molecule has 0 saturated carbocycles. The standard InChI is InChI=1S/C17H15BrClN3.C2H2O4/c1-22-16(13-4-8-15(19)9-5-13)11-21-17(22)20-10-12-2-6-14(18)7-3-12;3-1(4)2(5)6/h2-9,11H,10H2,1H3,(H,20,21);(H,3,4)(H,5,6). The van der Waals surface area contributed by atoms with E-state index in [4.69, 9.17) is 31.4 Å². The molecule has 0 bridgehead atoms. The normalized spacial score (nSPS) is 9.96. The number of halogens is 2. The second-order valence-electron chi connectivity index (χ2n) is 5.62. The highest BCUT2D eigenvalue weighted by Crippen LogP contribution is 2.23. The maximum atomic E-state index is 9.10. The molecule has 0 aliphatic carbocycles. The second kappa shape index (κ2) is 9.91. The summed E-state index contributed by atoms with van der Waals surface area (Å²) >= 11 is 9.38. The number of rotatable bonds is 4. The van der Waals surface area contributed by atoms with Crippen LogP contribution >= 0.6 is 27.5 Å². The summed E-state index contributed by atoms with van der Waals surface area (Å²) in [7, 11) is 2.00. The number of aromatic nitrogens is 2. The van der Waals surface area contributed by atoms with Crippen LogP contribution in [0.15, 0.2) is 59.2 Å². The van der Waals surface area contributed by atoms with E-state index in [-0.39, 0.29) is 0 Å². The molecule has 28 heavy (non-hydrogen) atoms. The average Bonchev–Trinajstić information content (AvgIpc) is 3.03. The second-order valence-corrected chi connectivity index (χ2v) is 6.98. The lowest BCUT2D eigenvalue weighted by Crippen LogP contribution is -2.09. The number of anilines is 1. The summed E-state index contributed by atoms with van der Waals surface area (Å²) in [4.78, 5) is 22.7. The zero-order chi connectivity index (χ0) is 20.7. The van der Waals surface area contributed by atoms with Crippen molar-refractivity contribution in [3.8, 4) is 11.3 Å². The van der Waals surface area contributed by atoms with Crippen LogP contribution in [0.3, 0.4) is 0 Å². The van der Waals surface area contributed by atoms with Crippen LogP contribution in [0, 0.1) is 0 Å². The third kappa shape index (κ3) is 6.11. The number of carboxylic acid groups (broad SMARTS) is 2. The summed E-state index contributed by atoms with van der Waals surface area (Å²) in [6, 6.07) is 16.0. The maximum absolute atomic E-state index is 9.10. The summed E-state index contributed by atoms with van der Waals surface area (Å²) in [5, 5.41) is 18.9.